The largest absolute Gasteiger partial charge is 0.238 e. The average Bonchev–Trinajstić information content (AvgIpc) is 2.25. The second-order valence-corrected chi connectivity index (χ2v) is 5.18. The van der Waals surface area contributed by atoms with Gasteiger partial charge < -0.3 is 0 Å². The Hall–Kier alpha value is -1.12. The number of aromatic nitrogens is 2. The first kappa shape index (κ1) is 13.3. The fourth-order valence-corrected chi connectivity index (χ4v) is 2.49. The summed E-state index contributed by atoms with van der Waals surface area (Å²) >= 11 is 12.1. The van der Waals surface area contributed by atoms with E-state index in [0.717, 1.165) is 34.8 Å². The minimum atomic E-state index is 0.650. The molecule has 0 unspecified atom stereocenters. The van der Waals surface area contributed by atoms with Crippen LogP contribution in [0.2, 0.25) is 10.0 Å². The first-order chi connectivity index (χ1) is 8.47. The summed E-state index contributed by atoms with van der Waals surface area (Å²) in [5.74, 6) is 0.802. The summed E-state index contributed by atoms with van der Waals surface area (Å²) in [5.41, 5.74) is 4.18. The van der Waals surface area contributed by atoms with Crippen molar-refractivity contribution < 1.29 is 0 Å². The SMILES string of the molecule is Cc1nc(C)c(Cc2ccc(Cl)cc2Cl)c(C)n1. The van der Waals surface area contributed by atoms with Gasteiger partial charge in [-0.1, -0.05) is 29.3 Å². The summed E-state index contributed by atoms with van der Waals surface area (Å²) in [6.07, 6.45) is 0.730. The summed E-state index contributed by atoms with van der Waals surface area (Å²) in [6, 6.07) is 5.56. The molecule has 0 saturated heterocycles. The third-order valence-corrected chi connectivity index (χ3v) is 3.50. The van der Waals surface area contributed by atoms with Gasteiger partial charge in [0.1, 0.15) is 5.82 Å². The average molecular weight is 281 g/mol. The van der Waals surface area contributed by atoms with Gasteiger partial charge in [-0.05, 0) is 44.0 Å². The molecule has 0 N–H and O–H groups in total. The number of hydrogen-bond donors (Lipinski definition) is 0. The van der Waals surface area contributed by atoms with E-state index in [4.69, 9.17) is 23.2 Å². The van der Waals surface area contributed by atoms with Crippen LogP contribution in [0, 0.1) is 20.8 Å². The van der Waals surface area contributed by atoms with Crippen LogP contribution in [0.25, 0.3) is 0 Å². The predicted octanol–water partition coefficient (Wildman–Crippen LogP) is 4.30. The van der Waals surface area contributed by atoms with Gasteiger partial charge in [-0.3, -0.25) is 0 Å². The lowest BCUT2D eigenvalue weighted by atomic mass is 10.0. The Morgan fingerprint density at radius 3 is 2.17 bits per heavy atom. The molecule has 0 radical (unpaired) electrons. The number of nitrogens with zero attached hydrogens (tertiary/aromatic N) is 2. The standard InChI is InChI=1S/C14H14Cl2N2/c1-8-13(9(2)18-10(3)17-8)6-11-4-5-12(15)7-14(11)16/h4-5,7H,6H2,1-3H3. The molecule has 1 heterocycles. The maximum atomic E-state index is 6.19. The second-order valence-electron chi connectivity index (χ2n) is 4.33. The van der Waals surface area contributed by atoms with Crippen molar-refractivity contribution in [1.82, 2.24) is 9.97 Å². The molecule has 2 nitrogen and oxygen atoms in total. The van der Waals surface area contributed by atoms with Gasteiger partial charge in [0, 0.05) is 27.9 Å². The molecule has 1 aromatic carbocycles. The molecule has 0 fully saturated rings. The van der Waals surface area contributed by atoms with Crippen LogP contribution in [0.15, 0.2) is 18.2 Å². The molecule has 0 aliphatic rings. The molecule has 0 amide bonds. The van der Waals surface area contributed by atoms with Crippen molar-refractivity contribution in [1.29, 1.82) is 0 Å². The Morgan fingerprint density at radius 2 is 1.61 bits per heavy atom. The molecule has 0 aliphatic carbocycles. The van der Waals surface area contributed by atoms with Crippen molar-refractivity contribution >= 4 is 23.2 Å². The van der Waals surface area contributed by atoms with E-state index in [1.165, 1.54) is 0 Å². The second kappa shape index (κ2) is 5.25. The predicted molar refractivity (Wildman–Crippen MR) is 75.5 cm³/mol. The van der Waals surface area contributed by atoms with Crippen LogP contribution in [-0.4, -0.2) is 9.97 Å². The minimum Gasteiger partial charge on any atom is -0.238 e. The summed E-state index contributed by atoms with van der Waals surface area (Å²) in [6.45, 7) is 5.90. The normalized spacial score (nSPS) is 10.7. The van der Waals surface area contributed by atoms with Crippen LogP contribution in [-0.2, 0) is 6.42 Å². The van der Waals surface area contributed by atoms with Gasteiger partial charge in [-0.15, -0.1) is 0 Å². The molecule has 1 aromatic heterocycles. The zero-order valence-corrected chi connectivity index (χ0v) is 12.1. The lowest BCUT2D eigenvalue weighted by Gasteiger charge is -2.10. The lowest BCUT2D eigenvalue weighted by Crippen LogP contribution is -2.03. The number of halogens is 2. The zero-order valence-electron chi connectivity index (χ0n) is 10.6. The van der Waals surface area contributed by atoms with Gasteiger partial charge in [0.25, 0.3) is 0 Å². The van der Waals surface area contributed by atoms with Crippen LogP contribution in [0.5, 0.6) is 0 Å². The Bertz CT molecular complexity index is 571. The molecule has 0 spiro atoms. The van der Waals surface area contributed by atoms with E-state index in [2.05, 4.69) is 9.97 Å². The molecule has 0 bridgehead atoms. The van der Waals surface area contributed by atoms with Gasteiger partial charge in [-0.2, -0.15) is 0 Å². The Morgan fingerprint density at radius 1 is 1.00 bits per heavy atom. The number of hydrogen-bond acceptors (Lipinski definition) is 2. The summed E-state index contributed by atoms with van der Waals surface area (Å²) in [4.78, 5) is 8.80. The smallest absolute Gasteiger partial charge is 0.125 e. The highest BCUT2D eigenvalue weighted by Gasteiger charge is 2.10. The highest BCUT2D eigenvalue weighted by atomic mass is 35.5. The summed E-state index contributed by atoms with van der Waals surface area (Å²) in [5, 5.41) is 1.33. The molecule has 18 heavy (non-hydrogen) atoms. The fraction of sp³-hybridized carbons (Fsp3) is 0.286. The Kier molecular flexibility index (Phi) is 3.88. The first-order valence-corrected chi connectivity index (χ1v) is 6.47. The van der Waals surface area contributed by atoms with Crippen molar-refractivity contribution in [3.63, 3.8) is 0 Å². The third kappa shape index (κ3) is 2.82. The number of rotatable bonds is 2. The molecule has 2 rings (SSSR count). The Labute approximate surface area is 117 Å². The van der Waals surface area contributed by atoms with E-state index < -0.39 is 0 Å². The quantitative estimate of drug-likeness (QED) is 0.820. The van der Waals surface area contributed by atoms with Gasteiger partial charge in [-0.25, -0.2) is 9.97 Å². The van der Waals surface area contributed by atoms with Crippen LogP contribution < -0.4 is 0 Å². The highest BCUT2D eigenvalue weighted by molar-refractivity contribution is 6.35. The van der Waals surface area contributed by atoms with Crippen LogP contribution >= 0.6 is 23.2 Å². The summed E-state index contributed by atoms with van der Waals surface area (Å²) in [7, 11) is 0. The van der Waals surface area contributed by atoms with Gasteiger partial charge >= 0.3 is 0 Å². The van der Waals surface area contributed by atoms with Crippen molar-refractivity contribution in [3.05, 3.63) is 56.6 Å². The van der Waals surface area contributed by atoms with E-state index in [-0.39, 0.29) is 0 Å². The minimum absolute atomic E-state index is 0.650. The van der Waals surface area contributed by atoms with Crippen LogP contribution in [0.1, 0.15) is 28.3 Å². The molecule has 0 saturated carbocycles. The maximum absolute atomic E-state index is 6.19. The first-order valence-electron chi connectivity index (χ1n) is 5.72. The van der Waals surface area contributed by atoms with E-state index in [0.29, 0.717) is 10.0 Å². The number of aryl methyl sites for hydroxylation is 3. The van der Waals surface area contributed by atoms with Crippen LogP contribution in [0.4, 0.5) is 0 Å². The van der Waals surface area contributed by atoms with E-state index in [1.54, 1.807) is 6.07 Å². The van der Waals surface area contributed by atoms with Crippen molar-refractivity contribution in [2.24, 2.45) is 0 Å². The molecule has 4 heteroatoms. The van der Waals surface area contributed by atoms with Crippen molar-refractivity contribution in [3.8, 4) is 0 Å². The molecular formula is C14H14Cl2N2. The molecule has 94 valence electrons. The zero-order chi connectivity index (χ0) is 13.3. The monoisotopic (exact) mass is 280 g/mol. The fourth-order valence-electron chi connectivity index (χ4n) is 2.02. The molecule has 0 atom stereocenters. The molecular weight excluding hydrogens is 267 g/mol. The van der Waals surface area contributed by atoms with E-state index in [9.17, 15) is 0 Å². The highest BCUT2D eigenvalue weighted by Crippen LogP contribution is 2.25. The Balaban J connectivity index is 2.40. The van der Waals surface area contributed by atoms with Crippen molar-refractivity contribution in [2.75, 3.05) is 0 Å². The maximum Gasteiger partial charge on any atom is 0.125 e. The van der Waals surface area contributed by atoms with E-state index in [1.807, 2.05) is 32.9 Å². The van der Waals surface area contributed by atoms with Gasteiger partial charge in [0.05, 0.1) is 0 Å². The third-order valence-electron chi connectivity index (χ3n) is 2.91. The summed E-state index contributed by atoms with van der Waals surface area (Å²) < 4.78 is 0. The van der Waals surface area contributed by atoms with Gasteiger partial charge in [0.2, 0.25) is 0 Å². The lowest BCUT2D eigenvalue weighted by molar-refractivity contribution is 0.923. The molecule has 0 aliphatic heterocycles. The van der Waals surface area contributed by atoms with Gasteiger partial charge in [0.15, 0.2) is 0 Å². The molecule has 2 aromatic rings. The number of benzene rings is 1. The van der Waals surface area contributed by atoms with Crippen molar-refractivity contribution in [2.45, 2.75) is 27.2 Å². The van der Waals surface area contributed by atoms with E-state index >= 15 is 0 Å². The van der Waals surface area contributed by atoms with Crippen LogP contribution in [0.3, 0.4) is 0 Å². The topological polar surface area (TPSA) is 25.8 Å².